The molecule has 2 rings (SSSR count). The fourth-order valence-electron chi connectivity index (χ4n) is 2.22. The van der Waals surface area contributed by atoms with Gasteiger partial charge in [0.2, 0.25) is 0 Å². The van der Waals surface area contributed by atoms with Crippen molar-refractivity contribution in [3.8, 4) is 0 Å². The van der Waals surface area contributed by atoms with Crippen molar-refractivity contribution in [2.45, 2.75) is 19.4 Å². The van der Waals surface area contributed by atoms with Crippen molar-refractivity contribution < 1.29 is 14.7 Å². The van der Waals surface area contributed by atoms with Crippen LogP contribution in [0, 0.1) is 0 Å². The Labute approximate surface area is 129 Å². The Balaban J connectivity index is 2.24. The third kappa shape index (κ3) is 3.38. The molecule has 22 heavy (non-hydrogen) atoms. The van der Waals surface area contributed by atoms with Crippen LogP contribution in [-0.4, -0.2) is 22.3 Å². The molecule has 0 bridgehead atoms. The molecule has 0 heterocycles. The number of allylic oxidation sites excluding steroid dienone is 1. The molecule has 2 aromatic rings. The van der Waals surface area contributed by atoms with Crippen LogP contribution < -0.4 is 0 Å². The summed E-state index contributed by atoms with van der Waals surface area (Å²) < 4.78 is 0. The number of carbonyl (C=O) groups excluding carboxylic acids is 2. The Kier molecular flexibility index (Phi) is 4.68. The van der Waals surface area contributed by atoms with Crippen LogP contribution in [-0.2, 0) is 0 Å². The van der Waals surface area contributed by atoms with Crippen molar-refractivity contribution in [2.75, 3.05) is 0 Å². The maximum Gasteiger partial charge on any atom is 0.197 e. The fourth-order valence-corrected chi connectivity index (χ4v) is 2.22. The molecule has 3 nitrogen and oxygen atoms in total. The number of aliphatic hydroxyl groups is 1. The van der Waals surface area contributed by atoms with Gasteiger partial charge in [0.25, 0.3) is 0 Å². The van der Waals surface area contributed by atoms with Gasteiger partial charge in [0.1, 0.15) is 5.60 Å². The lowest BCUT2D eigenvalue weighted by Crippen LogP contribution is -2.32. The van der Waals surface area contributed by atoms with E-state index in [1.807, 2.05) is 6.07 Å². The van der Waals surface area contributed by atoms with Gasteiger partial charge in [-0.3, -0.25) is 9.59 Å². The van der Waals surface area contributed by atoms with Gasteiger partial charge in [-0.25, -0.2) is 0 Å². The third-order valence-electron chi connectivity index (χ3n) is 3.40. The van der Waals surface area contributed by atoms with Gasteiger partial charge in [0.05, 0.1) is 0 Å². The topological polar surface area (TPSA) is 54.4 Å². The molecule has 0 aromatic heterocycles. The van der Waals surface area contributed by atoms with Crippen LogP contribution in [0.5, 0.6) is 0 Å². The molecule has 0 saturated carbocycles. The van der Waals surface area contributed by atoms with Gasteiger partial charge in [-0.2, -0.15) is 0 Å². The van der Waals surface area contributed by atoms with E-state index in [9.17, 15) is 14.7 Å². The van der Waals surface area contributed by atoms with Crippen molar-refractivity contribution in [3.05, 3.63) is 83.4 Å². The number of carbonyl (C=O) groups is 2. The normalized spacial score (nSPS) is 13.8. The first-order chi connectivity index (χ1) is 10.5. The van der Waals surface area contributed by atoms with Crippen LogP contribution in [0.15, 0.2) is 66.7 Å². The summed E-state index contributed by atoms with van der Waals surface area (Å²) in [4.78, 5) is 24.5. The average molecular weight is 294 g/mol. The second-order valence-electron chi connectivity index (χ2n) is 5.25. The van der Waals surface area contributed by atoms with Crippen molar-refractivity contribution in [2.24, 2.45) is 0 Å². The molecule has 0 radical (unpaired) electrons. The molecule has 0 aliphatic heterocycles. The van der Waals surface area contributed by atoms with E-state index in [1.165, 1.54) is 13.0 Å². The number of hydrogen-bond donors (Lipinski definition) is 1. The van der Waals surface area contributed by atoms with E-state index >= 15 is 0 Å². The number of hydrogen-bond acceptors (Lipinski definition) is 3. The predicted molar refractivity (Wildman–Crippen MR) is 86.1 cm³/mol. The zero-order valence-corrected chi connectivity index (χ0v) is 12.6. The van der Waals surface area contributed by atoms with E-state index in [0.717, 1.165) is 0 Å². The smallest absolute Gasteiger partial charge is 0.197 e. The molecule has 0 saturated heterocycles. The Morgan fingerprint density at radius 1 is 0.909 bits per heavy atom. The number of rotatable bonds is 5. The minimum Gasteiger partial charge on any atom is -0.378 e. The maximum atomic E-state index is 12.3. The van der Waals surface area contributed by atoms with Crippen molar-refractivity contribution in [1.82, 2.24) is 0 Å². The summed E-state index contributed by atoms with van der Waals surface area (Å²) in [5, 5.41) is 10.1. The predicted octanol–water partition coefficient (Wildman–Crippen LogP) is 3.43. The minimum atomic E-state index is -1.54. The van der Waals surface area contributed by atoms with E-state index in [0.29, 0.717) is 16.7 Å². The lowest BCUT2D eigenvalue weighted by Gasteiger charge is -2.17. The number of ketones is 2. The minimum absolute atomic E-state index is 0.0974. The summed E-state index contributed by atoms with van der Waals surface area (Å²) in [6.07, 6.45) is 3.07. The summed E-state index contributed by atoms with van der Waals surface area (Å²) in [6.45, 7) is 3.18. The molecular weight excluding hydrogens is 276 g/mol. The van der Waals surface area contributed by atoms with E-state index in [2.05, 4.69) is 0 Å². The standard InChI is InChI=1S/C19H18O3/c1-3-13-19(2,22)18(21)16-11-9-15(10-12-16)17(20)14-7-5-4-6-8-14/h3-13,22H,1-2H3. The van der Waals surface area contributed by atoms with E-state index < -0.39 is 11.4 Å². The van der Waals surface area contributed by atoms with Gasteiger partial charge in [0, 0.05) is 16.7 Å². The highest BCUT2D eigenvalue weighted by Gasteiger charge is 2.27. The van der Waals surface area contributed by atoms with Gasteiger partial charge in [-0.1, -0.05) is 60.7 Å². The lowest BCUT2D eigenvalue weighted by atomic mass is 9.93. The number of benzene rings is 2. The average Bonchev–Trinajstić information content (AvgIpc) is 2.54. The summed E-state index contributed by atoms with van der Waals surface area (Å²) in [7, 11) is 0. The van der Waals surface area contributed by atoms with Crippen molar-refractivity contribution in [3.63, 3.8) is 0 Å². The Hall–Kier alpha value is -2.52. The molecule has 0 spiro atoms. The highest BCUT2D eigenvalue weighted by atomic mass is 16.3. The molecule has 1 unspecified atom stereocenters. The van der Waals surface area contributed by atoms with E-state index in [1.54, 1.807) is 61.5 Å². The first-order valence-corrected chi connectivity index (χ1v) is 7.06. The first-order valence-electron chi connectivity index (χ1n) is 7.06. The highest BCUT2D eigenvalue weighted by molar-refractivity contribution is 6.10. The van der Waals surface area contributed by atoms with E-state index in [4.69, 9.17) is 0 Å². The van der Waals surface area contributed by atoms with Gasteiger partial charge in [0.15, 0.2) is 11.6 Å². The molecule has 0 fully saturated rings. The molecule has 3 heteroatoms. The van der Waals surface area contributed by atoms with Gasteiger partial charge >= 0.3 is 0 Å². The van der Waals surface area contributed by atoms with Crippen molar-refractivity contribution in [1.29, 1.82) is 0 Å². The molecule has 2 aromatic carbocycles. The van der Waals surface area contributed by atoms with Crippen LogP contribution in [0.2, 0.25) is 0 Å². The lowest BCUT2D eigenvalue weighted by molar-refractivity contribution is 0.0591. The monoisotopic (exact) mass is 294 g/mol. The van der Waals surface area contributed by atoms with E-state index in [-0.39, 0.29) is 5.78 Å². The molecule has 0 aliphatic carbocycles. The van der Waals surface area contributed by atoms with Crippen LogP contribution in [0.3, 0.4) is 0 Å². The zero-order chi connectivity index (χ0) is 16.2. The molecule has 0 aliphatic rings. The van der Waals surface area contributed by atoms with Crippen molar-refractivity contribution >= 4 is 11.6 Å². The molecule has 1 N–H and O–H groups in total. The second kappa shape index (κ2) is 6.50. The van der Waals surface area contributed by atoms with Crippen LogP contribution in [0.4, 0.5) is 0 Å². The SMILES string of the molecule is CC=CC(C)(O)C(=O)c1ccc(C(=O)c2ccccc2)cc1. The maximum absolute atomic E-state index is 12.3. The van der Waals surface area contributed by atoms with Gasteiger partial charge in [-0.05, 0) is 19.9 Å². The van der Waals surface area contributed by atoms with Crippen LogP contribution in [0.1, 0.15) is 40.1 Å². The Bertz CT molecular complexity index is 695. The van der Waals surface area contributed by atoms with Crippen LogP contribution in [0.25, 0.3) is 0 Å². The Morgan fingerprint density at radius 3 is 1.95 bits per heavy atom. The molecule has 0 amide bonds. The largest absolute Gasteiger partial charge is 0.378 e. The quantitative estimate of drug-likeness (QED) is 0.679. The summed E-state index contributed by atoms with van der Waals surface area (Å²) in [6, 6.07) is 15.3. The van der Waals surface area contributed by atoms with Crippen LogP contribution >= 0.6 is 0 Å². The first kappa shape index (κ1) is 15.9. The zero-order valence-electron chi connectivity index (χ0n) is 12.6. The third-order valence-corrected chi connectivity index (χ3v) is 3.40. The summed E-state index contributed by atoms with van der Waals surface area (Å²) in [5.41, 5.74) is -0.0664. The fraction of sp³-hybridized carbons (Fsp3) is 0.158. The second-order valence-corrected chi connectivity index (χ2v) is 5.25. The molecular formula is C19H18O3. The molecule has 112 valence electrons. The molecule has 1 atom stereocenters. The number of Topliss-reactive ketones (excluding diaryl/α,β-unsaturated/α-hetero) is 1. The van der Waals surface area contributed by atoms with Gasteiger partial charge in [-0.15, -0.1) is 0 Å². The summed E-state index contributed by atoms with van der Waals surface area (Å²) >= 11 is 0. The summed E-state index contributed by atoms with van der Waals surface area (Å²) in [5.74, 6) is -0.496. The highest BCUT2D eigenvalue weighted by Crippen LogP contribution is 2.17. The van der Waals surface area contributed by atoms with Gasteiger partial charge < -0.3 is 5.11 Å². The Morgan fingerprint density at radius 2 is 1.41 bits per heavy atom.